The van der Waals surface area contributed by atoms with E-state index in [0.29, 0.717) is 6.54 Å². The fourth-order valence-electron chi connectivity index (χ4n) is 2.13. The van der Waals surface area contributed by atoms with Crippen LogP contribution in [0.5, 0.6) is 0 Å². The summed E-state index contributed by atoms with van der Waals surface area (Å²) in [5.41, 5.74) is 8.03. The van der Waals surface area contributed by atoms with Crippen LogP contribution in [0.4, 0.5) is 0 Å². The van der Waals surface area contributed by atoms with Crippen LogP contribution in [0, 0.1) is 0 Å². The van der Waals surface area contributed by atoms with Gasteiger partial charge in [0.15, 0.2) is 11.6 Å². The van der Waals surface area contributed by atoms with Gasteiger partial charge in [-0.15, -0.1) is 0 Å². The largest absolute Gasteiger partial charge is 0.330 e. The Morgan fingerprint density at radius 2 is 1.89 bits per heavy atom. The molecule has 0 spiro atoms. The van der Waals surface area contributed by atoms with Gasteiger partial charge in [0.05, 0.1) is 0 Å². The van der Waals surface area contributed by atoms with Gasteiger partial charge in [-0.25, -0.2) is 9.67 Å². The normalized spacial score (nSPS) is 10.9. The minimum absolute atomic E-state index is 0.583. The van der Waals surface area contributed by atoms with Crippen LogP contribution in [0.3, 0.4) is 0 Å². The van der Waals surface area contributed by atoms with E-state index in [4.69, 9.17) is 5.73 Å². The second kappa shape index (κ2) is 6.48. The van der Waals surface area contributed by atoms with Crippen LogP contribution in [-0.2, 0) is 19.9 Å². The molecule has 0 saturated carbocycles. The molecule has 2 rings (SSSR count). The standard InChI is InChI=1S/C15H22N4/c1-3-4-5-12-6-8-13(9-7-12)15-17-14(10-11-16)18-19(15)2/h6-9H,3-5,10-11,16H2,1-2H3. The Balaban J connectivity index is 2.17. The third-order valence-corrected chi connectivity index (χ3v) is 3.21. The summed E-state index contributed by atoms with van der Waals surface area (Å²) < 4.78 is 1.83. The van der Waals surface area contributed by atoms with Gasteiger partial charge in [0.25, 0.3) is 0 Å². The van der Waals surface area contributed by atoms with Crippen molar-refractivity contribution in [3.05, 3.63) is 35.7 Å². The molecule has 0 aliphatic heterocycles. The number of unbranched alkanes of at least 4 members (excludes halogenated alkanes) is 1. The number of nitrogens with two attached hydrogens (primary N) is 1. The average molecular weight is 258 g/mol. The highest BCUT2D eigenvalue weighted by Gasteiger charge is 2.08. The molecular weight excluding hydrogens is 236 g/mol. The minimum Gasteiger partial charge on any atom is -0.330 e. The van der Waals surface area contributed by atoms with Gasteiger partial charge in [-0.3, -0.25) is 0 Å². The van der Waals surface area contributed by atoms with Gasteiger partial charge >= 0.3 is 0 Å². The van der Waals surface area contributed by atoms with E-state index in [9.17, 15) is 0 Å². The van der Waals surface area contributed by atoms with Crippen molar-refractivity contribution < 1.29 is 0 Å². The molecule has 0 atom stereocenters. The molecule has 0 bridgehead atoms. The average Bonchev–Trinajstić information content (AvgIpc) is 2.78. The van der Waals surface area contributed by atoms with Crippen LogP contribution in [0.2, 0.25) is 0 Å². The molecule has 0 aliphatic rings. The molecule has 0 radical (unpaired) electrons. The number of hydrogen-bond donors (Lipinski definition) is 1. The van der Waals surface area contributed by atoms with Crippen molar-refractivity contribution in [1.29, 1.82) is 0 Å². The third kappa shape index (κ3) is 3.41. The summed E-state index contributed by atoms with van der Waals surface area (Å²) in [5.74, 6) is 1.72. The molecule has 0 unspecified atom stereocenters. The second-order valence-electron chi connectivity index (χ2n) is 4.81. The zero-order valence-corrected chi connectivity index (χ0v) is 11.8. The highest BCUT2D eigenvalue weighted by Crippen LogP contribution is 2.18. The Morgan fingerprint density at radius 3 is 2.53 bits per heavy atom. The monoisotopic (exact) mass is 258 g/mol. The Kier molecular flexibility index (Phi) is 4.68. The molecule has 102 valence electrons. The Morgan fingerprint density at radius 1 is 1.16 bits per heavy atom. The van der Waals surface area contributed by atoms with E-state index >= 15 is 0 Å². The van der Waals surface area contributed by atoms with Crippen LogP contribution in [0.15, 0.2) is 24.3 Å². The van der Waals surface area contributed by atoms with E-state index in [0.717, 1.165) is 30.1 Å². The summed E-state index contributed by atoms with van der Waals surface area (Å²) >= 11 is 0. The first-order chi connectivity index (χ1) is 9.24. The van der Waals surface area contributed by atoms with E-state index in [-0.39, 0.29) is 0 Å². The maximum atomic E-state index is 5.54. The van der Waals surface area contributed by atoms with Crippen molar-refractivity contribution in [3.8, 4) is 11.4 Å². The number of rotatable bonds is 6. The Bertz CT molecular complexity index is 513. The summed E-state index contributed by atoms with van der Waals surface area (Å²) in [7, 11) is 1.92. The molecule has 1 aromatic carbocycles. The molecule has 2 N–H and O–H groups in total. The lowest BCUT2D eigenvalue weighted by Gasteiger charge is -2.03. The highest BCUT2D eigenvalue weighted by atomic mass is 15.3. The van der Waals surface area contributed by atoms with E-state index in [2.05, 4.69) is 41.3 Å². The fourth-order valence-corrected chi connectivity index (χ4v) is 2.13. The molecule has 4 nitrogen and oxygen atoms in total. The topological polar surface area (TPSA) is 56.7 Å². The van der Waals surface area contributed by atoms with E-state index < -0.39 is 0 Å². The number of aryl methyl sites for hydroxylation is 2. The number of nitrogens with zero attached hydrogens (tertiary/aromatic N) is 3. The van der Waals surface area contributed by atoms with Crippen molar-refractivity contribution in [1.82, 2.24) is 14.8 Å². The lowest BCUT2D eigenvalue weighted by atomic mass is 10.1. The van der Waals surface area contributed by atoms with Crippen molar-refractivity contribution in [3.63, 3.8) is 0 Å². The maximum Gasteiger partial charge on any atom is 0.158 e. The lowest BCUT2D eigenvalue weighted by Crippen LogP contribution is -2.04. The first-order valence-corrected chi connectivity index (χ1v) is 6.94. The lowest BCUT2D eigenvalue weighted by molar-refractivity contribution is 0.744. The minimum atomic E-state index is 0.583. The van der Waals surface area contributed by atoms with Gasteiger partial charge < -0.3 is 5.73 Å². The second-order valence-corrected chi connectivity index (χ2v) is 4.81. The van der Waals surface area contributed by atoms with E-state index in [1.165, 1.54) is 18.4 Å². The van der Waals surface area contributed by atoms with E-state index in [1.54, 1.807) is 0 Å². The third-order valence-electron chi connectivity index (χ3n) is 3.21. The first-order valence-electron chi connectivity index (χ1n) is 6.94. The SMILES string of the molecule is CCCCc1ccc(-c2nc(CCN)nn2C)cc1. The number of aromatic nitrogens is 3. The zero-order chi connectivity index (χ0) is 13.7. The molecular formula is C15H22N4. The quantitative estimate of drug-likeness (QED) is 0.865. The van der Waals surface area contributed by atoms with Gasteiger partial charge in [-0.1, -0.05) is 37.6 Å². The predicted octanol–water partition coefficient (Wildman–Crippen LogP) is 2.33. The van der Waals surface area contributed by atoms with Crippen LogP contribution < -0.4 is 5.73 Å². The summed E-state index contributed by atoms with van der Waals surface area (Å²) in [6.07, 6.45) is 4.34. The van der Waals surface area contributed by atoms with Gasteiger partial charge in [0.2, 0.25) is 0 Å². The van der Waals surface area contributed by atoms with Crippen molar-refractivity contribution >= 4 is 0 Å². The van der Waals surface area contributed by atoms with Crippen molar-refractivity contribution in [2.75, 3.05) is 6.54 Å². The fraction of sp³-hybridized carbons (Fsp3) is 0.467. The molecule has 0 amide bonds. The molecule has 4 heteroatoms. The first kappa shape index (κ1) is 13.7. The summed E-state index contributed by atoms with van der Waals surface area (Å²) in [6, 6.07) is 8.62. The van der Waals surface area contributed by atoms with Crippen LogP contribution >= 0.6 is 0 Å². The summed E-state index contributed by atoms with van der Waals surface area (Å²) in [6.45, 7) is 2.80. The van der Waals surface area contributed by atoms with Gasteiger partial charge in [0, 0.05) is 19.0 Å². The summed E-state index contributed by atoms with van der Waals surface area (Å²) in [4.78, 5) is 4.53. The van der Waals surface area contributed by atoms with E-state index in [1.807, 2.05) is 11.7 Å². The number of hydrogen-bond acceptors (Lipinski definition) is 3. The van der Waals surface area contributed by atoms with Crippen molar-refractivity contribution in [2.24, 2.45) is 12.8 Å². The Hall–Kier alpha value is -1.68. The molecule has 0 fully saturated rings. The van der Waals surface area contributed by atoms with Gasteiger partial charge in [-0.2, -0.15) is 5.10 Å². The van der Waals surface area contributed by atoms with Crippen LogP contribution in [0.1, 0.15) is 31.2 Å². The molecule has 2 aromatic rings. The summed E-state index contributed by atoms with van der Waals surface area (Å²) in [5, 5.41) is 4.37. The molecule has 19 heavy (non-hydrogen) atoms. The molecule has 0 saturated heterocycles. The zero-order valence-electron chi connectivity index (χ0n) is 11.8. The molecule has 1 aromatic heterocycles. The maximum absolute atomic E-state index is 5.54. The molecule has 0 aliphatic carbocycles. The predicted molar refractivity (Wildman–Crippen MR) is 77.8 cm³/mol. The van der Waals surface area contributed by atoms with Gasteiger partial charge in [0.1, 0.15) is 0 Å². The van der Waals surface area contributed by atoms with Crippen LogP contribution in [0.25, 0.3) is 11.4 Å². The highest BCUT2D eigenvalue weighted by molar-refractivity contribution is 5.55. The van der Waals surface area contributed by atoms with Crippen LogP contribution in [-0.4, -0.2) is 21.3 Å². The smallest absolute Gasteiger partial charge is 0.158 e. The number of benzene rings is 1. The van der Waals surface area contributed by atoms with Gasteiger partial charge in [-0.05, 0) is 24.9 Å². The molecule has 1 heterocycles. The van der Waals surface area contributed by atoms with Crippen molar-refractivity contribution in [2.45, 2.75) is 32.6 Å². The Labute approximate surface area is 114 Å².